The van der Waals surface area contributed by atoms with Crippen molar-refractivity contribution >= 4 is 0 Å². The summed E-state index contributed by atoms with van der Waals surface area (Å²) in [5.41, 5.74) is 6.18. The molecule has 1 spiro atoms. The van der Waals surface area contributed by atoms with Crippen LogP contribution in [0.5, 0.6) is 0 Å². The van der Waals surface area contributed by atoms with Gasteiger partial charge in [-0.3, -0.25) is 4.90 Å². The molecule has 3 nitrogen and oxygen atoms in total. The van der Waals surface area contributed by atoms with Gasteiger partial charge in [-0.2, -0.15) is 0 Å². The van der Waals surface area contributed by atoms with Crippen LogP contribution in [0.2, 0.25) is 0 Å². The van der Waals surface area contributed by atoms with Crippen LogP contribution < -0.4 is 5.73 Å². The summed E-state index contributed by atoms with van der Waals surface area (Å²) < 4.78 is 5.41. The SMILES string of the molecule is CC(CCN)N1CC2(CCOCC2)C1. The van der Waals surface area contributed by atoms with Crippen molar-refractivity contribution < 1.29 is 4.74 Å². The fourth-order valence-corrected chi connectivity index (χ4v) is 2.67. The van der Waals surface area contributed by atoms with Crippen LogP contribution in [0.15, 0.2) is 0 Å². The van der Waals surface area contributed by atoms with E-state index in [4.69, 9.17) is 10.5 Å². The summed E-state index contributed by atoms with van der Waals surface area (Å²) in [5, 5.41) is 0. The summed E-state index contributed by atoms with van der Waals surface area (Å²) in [6.07, 6.45) is 3.66. The standard InChI is InChI=1S/C11H22N2O/c1-10(2-5-12)13-8-11(9-13)3-6-14-7-4-11/h10H,2-9,12H2,1H3. The van der Waals surface area contributed by atoms with Crippen molar-refractivity contribution in [3.8, 4) is 0 Å². The monoisotopic (exact) mass is 198 g/mol. The van der Waals surface area contributed by atoms with E-state index in [1.54, 1.807) is 0 Å². The Bertz CT molecular complexity index is 182. The van der Waals surface area contributed by atoms with Gasteiger partial charge in [0.05, 0.1) is 0 Å². The Morgan fingerprint density at radius 3 is 2.57 bits per heavy atom. The Labute approximate surface area is 86.6 Å². The Balaban J connectivity index is 1.77. The van der Waals surface area contributed by atoms with E-state index in [-0.39, 0.29) is 0 Å². The highest BCUT2D eigenvalue weighted by atomic mass is 16.5. The van der Waals surface area contributed by atoms with E-state index in [1.165, 1.54) is 25.9 Å². The van der Waals surface area contributed by atoms with Gasteiger partial charge in [0.25, 0.3) is 0 Å². The molecule has 0 aromatic heterocycles. The van der Waals surface area contributed by atoms with Gasteiger partial charge in [-0.1, -0.05) is 0 Å². The number of nitrogens with two attached hydrogens (primary N) is 1. The van der Waals surface area contributed by atoms with Gasteiger partial charge in [-0.25, -0.2) is 0 Å². The maximum absolute atomic E-state index is 5.57. The third-order valence-corrected chi connectivity index (χ3v) is 3.84. The van der Waals surface area contributed by atoms with Crippen molar-refractivity contribution in [3.05, 3.63) is 0 Å². The Morgan fingerprint density at radius 1 is 1.36 bits per heavy atom. The maximum Gasteiger partial charge on any atom is 0.0472 e. The average Bonchev–Trinajstić information content (AvgIpc) is 2.16. The lowest BCUT2D eigenvalue weighted by atomic mass is 9.72. The van der Waals surface area contributed by atoms with Crippen LogP contribution >= 0.6 is 0 Å². The molecular weight excluding hydrogens is 176 g/mol. The quantitative estimate of drug-likeness (QED) is 0.730. The number of hydrogen-bond acceptors (Lipinski definition) is 3. The smallest absolute Gasteiger partial charge is 0.0472 e. The highest BCUT2D eigenvalue weighted by Gasteiger charge is 2.44. The van der Waals surface area contributed by atoms with Crippen molar-refractivity contribution in [3.63, 3.8) is 0 Å². The Kier molecular flexibility index (Phi) is 3.10. The van der Waals surface area contributed by atoms with Crippen LogP contribution in [0, 0.1) is 5.41 Å². The van der Waals surface area contributed by atoms with Crippen LogP contribution in [0.25, 0.3) is 0 Å². The van der Waals surface area contributed by atoms with E-state index in [1.807, 2.05) is 0 Å². The Hall–Kier alpha value is -0.120. The van der Waals surface area contributed by atoms with Crippen LogP contribution in [0.4, 0.5) is 0 Å². The van der Waals surface area contributed by atoms with Gasteiger partial charge >= 0.3 is 0 Å². The lowest BCUT2D eigenvalue weighted by Gasteiger charge is -2.54. The summed E-state index contributed by atoms with van der Waals surface area (Å²) in [7, 11) is 0. The molecule has 0 amide bonds. The van der Waals surface area contributed by atoms with Gasteiger partial charge in [-0.15, -0.1) is 0 Å². The zero-order valence-electron chi connectivity index (χ0n) is 9.17. The minimum Gasteiger partial charge on any atom is -0.381 e. The predicted molar refractivity (Wildman–Crippen MR) is 57.2 cm³/mol. The first-order valence-electron chi connectivity index (χ1n) is 5.78. The third-order valence-electron chi connectivity index (χ3n) is 3.84. The van der Waals surface area contributed by atoms with Crippen molar-refractivity contribution in [1.82, 2.24) is 4.90 Å². The van der Waals surface area contributed by atoms with Gasteiger partial charge in [0.1, 0.15) is 0 Å². The van der Waals surface area contributed by atoms with Crippen molar-refractivity contribution in [2.45, 2.75) is 32.2 Å². The molecule has 0 aromatic rings. The fourth-order valence-electron chi connectivity index (χ4n) is 2.67. The van der Waals surface area contributed by atoms with E-state index >= 15 is 0 Å². The fraction of sp³-hybridized carbons (Fsp3) is 1.00. The van der Waals surface area contributed by atoms with E-state index < -0.39 is 0 Å². The first-order chi connectivity index (χ1) is 6.76. The zero-order valence-corrected chi connectivity index (χ0v) is 9.17. The van der Waals surface area contributed by atoms with Crippen LogP contribution in [-0.2, 0) is 4.74 Å². The molecule has 2 rings (SSSR count). The van der Waals surface area contributed by atoms with Gasteiger partial charge in [-0.05, 0) is 32.7 Å². The van der Waals surface area contributed by atoms with Gasteiger partial charge in [0.15, 0.2) is 0 Å². The summed E-state index contributed by atoms with van der Waals surface area (Å²) in [6, 6.07) is 0.675. The molecular formula is C11H22N2O. The lowest BCUT2D eigenvalue weighted by molar-refractivity contribution is -0.0951. The molecule has 82 valence electrons. The molecule has 0 aromatic carbocycles. The van der Waals surface area contributed by atoms with Crippen molar-refractivity contribution in [2.24, 2.45) is 11.1 Å². The van der Waals surface area contributed by atoms with E-state index in [2.05, 4.69) is 11.8 Å². The molecule has 3 heteroatoms. The molecule has 14 heavy (non-hydrogen) atoms. The van der Waals surface area contributed by atoms with E-state index in [9.17, 15) is 0 Å². The normalized spacial score (nSPS) is 28.7. The second-order valence-electron chi connectivity index (χ2n) is 4.94. The molecule has 1 unspecified atom stereocenters. The van der Waals surface area contributed by atoms with Crippen molar-refractivity contribution in [1.29, 1.82) is 0 Å². The number of hydrogen-bond donors (Lipinski definition) is 1. The van der Waals surface area contributed by atoms with E-state index in [0.29, 0.717) is 11.5 Å². The first kappa shape index (κ1) is 10.4. The molecule has 2 fully saturated rings. The first-order valence-corrected chi connectivity index (χ1v) is 5.78. The third kappa shape index (κ3) is 1.95. The molecule has 0 radical (unpaired) electrons. The summed E-state index contributed by atoms with van der Waals surface area (Å²) >= 11 is 0. The second-order valence-corrected chi connectivity index (χ2v) is 4.94. The number of rotatable bonds is 3. The topological polar surface area (TPSA) is 38.5 Å². The lowest BCUT2D eigenvalue weighted by Crippen LogP contribution is -2.61. The average molecular weight is 198 g/mol. The molecule has 2 aliphatic heterocycles. The summed E-state index contributed by atoms with van der Waals surface area (Å²) in [5.74, 6) is 0. The number of ether oxygens (including phenoxy) is 1. The molecule has 2 N–H and O–H groups in total. The minimum absolute atomic E-state index is 0.612. The van der Waals surface area contributed by atoms with Gasteiger partial charge < -0.3 is 10.5 Å². The molecule has 0 bridgehead atoms. The zero-order chi connectivity index (χ0) is 10.0. The summed E-state index contributed by atoms with van der Waals surface area (Å²) in [4.78, 5) is 2.57. The molecule has 2 aliphatic rings. The highest BCUT2D eigenvalue weighted by Crippen LogP contribution is 2.40. The number of likely N-dealkylation sites (tertiary alicyclic amines) is 1. The molecule has 1 atom stereocenters. The van der Waals surface area contributed by atoms with Crippen LogP contribution in [-0.4, -0.2) is 43.8 Å². The van der Waals surface area contributed by atoms with Crippen LogP contribution in [0.3, 0.4) is 0 Å². The van der Waals surface area contributed by atoms with E-state index in [0.717, 1.165) is 26.2 Å². The molecule has 2 heterocycles. The second kappa shape index (κ2) is 4.17. The van der Waals surface area contributed by atoms with Crippen molar-refractivity contribution in [2.75, 3.05) is 32.8 Å². The molecule has 0 aliphatic carbocycles. The maximum atomic E-state index is 5.57. The predicted octanol–water partition coefficient (Wildman–Crippen LogP) is 0.836. The van der Waals surface area contributed by atoms with Crippen LogP contribution in [0.1, 0.15) is 26.2 Å². The Morgan fingerprint density at radius 2 is 2.00 bits per heavy atom. The van der Waals surface area contributed by atoms with Gasteiger partial charge in [0, 0.05) is 37.8 Å². The highest BCUT2D eigenvalue weighted by molar-refractivity contribution is 4.97. The summed E-state index contributed by atoms with van der Waals surface area (Å²) in [6.45, 7) is 7.60. The minimum atomic E-state index is 0.612. The van der Waals surface area contributed by atoms with Gasteiger partial charge in [0.2, 0.25) is 0 Å². The molecule has 2 saturated heterocycles. The molecule has 0 saturated carbocycles. The largest absolute Gasteiger partial charge is 0.381 e. The number of nitrogens with zero attached hydrogens (tertiary/aromatic N) is 1.